The highest BCUT2D eigenvalue weighted by Gasteiger charge is 2.31. The van der Waals surface area contributed by atoms with E-state index in [0.717, 1.165) is 28.6 Å². The highest BCUT2D eigenvalue weighted by molar-refractivity contribution is 8.26. The molecule has 1 N–H and O–H groups in total. The molecule has 1 aliphatic heterocycles. The van der Waals surface area contributed by atoms with E-state index in [0.29, 0.717) is 39.3 Å². The largest absolute Gasteiger partial charge is 0.497 e. The zero-order chi connectivity index (χ0) is 23.5. The predicted octanol–water partition coefficient (Wildman–Crippen LogP) is 4.01. The first-order valence-corrected chi connectivity index (χ1v) is 11.4. The Labute approximate surface area is 200 Å². The number of thioether (sulfide) groups is 1. The van der Waals surface area contributed by atoms with Crippen molar-refractivity contribution in [3.63, 3.8) is 0 Å². The van der Waals surface area contributed by atoms with Crippen LogP contribution in [-0.4, -0.2) is 38.2 Å². The van der Waals surface area contributed by atoms with Gasteiger partial charge in [0.2, 0.25) is 0 Å². The van der Waals surface area contributed by atoms with Gasteiger partial charge in [0.05, 0.1) is 17.6 Å². The van der Waals surface area contributed by atoms with Crippen molar-refractivity contribution in [2.75, 3.05) is 19.0 Å². The Morgan fingerprint density at radius 3 is 2.67 bits per heavy atom. The molecule has 4 rings (SSSR count). The van der Waals surface area contributed by atoms with E-state index in [1.165, 1.54) is 9.30 Å². The van der Waals surface area contributed by atoms with Crippen LogP contribution in [0.3, 0.4) is 0 Å². The van der Waals surface area contributed by atoms with Gasteiger partial charge in [0.25, 0.3) is 11.5 Å². The fourth-order valence-electron chi connectivity index (χ4n) is 3.37. The number of anilines is 1. The molecule has 2 aromatic heterocycles. The number of aryl methyl sites for hydroxylation is 1. The first-order chi connectivity index (χ1) is 15.9. The maximum absolute atomic E-state index is 13.4. The number of pyridine rings is 1. The van der Waals surface area contributed by atoms with E-state index >= 15 is 0 Å². The molecule has 0 aliphatic carbocycles. The summed E-state index contributed by atoms with van der Waals surface area (Å²) in [5.41, 5.74) is 2.46. The summed E-state index contributed by atoms with van der Waals surface area (Å²) in [4.78, 5) is 32.7. The average Bonchev–Trinajstić information content (AvgIpc) is 3.08. The molecule has 3 heterocycles. The standard InChI is InChI=1S/C24H22N4O3S2/c1-4-11-27-23(30)19(33-24(27)32)12-18-21(25-13-16-6-8-17(31-3)9-7-16)26-20-10-5-15(2)14-28(20)22(18)29/h4-10,12,14,25H,1,11,13H2,2-3H3/b19-12-. The van der Waals surface area contributed by atoms with E-state index in [1.807, 2.05) is 37.3 Å². The molecule has 0 saturated carbocycles. The van der Waals surface area contributed by atoms with Crippen LogP contribution in [0.25, 0.3) is 11.7 Å². The Balaban J connectivity index is 1.76. The Hall–Kier alpha value is -3.43. The van der Waals surface area contributed by atoms with Gasteiger partial charge in [-0.1, -0.05) is 48.3 Å². The number of hydrogen-bond donors (Lipinski definition) is 1. The topological polar surface area (TPSA) is 75.9 Å². The number of carbonyl (C=O) groups excluding carboxylic acids is 1. The molecule has 1 aromatic carbocycles. The second kappa shape index (κ2) is 9.60. The third kappa shape index (κ3) is 4.69. The highest BCUT2D eigenvalue weighted by Crippen LogP contribution is 2.33. The SMILES string of the molecule is C=CCN1C(=O)/C(=C/c2c(NCc3ccc(OC)cc3)nc3ccc(C)cn3c2=O)SC1=S. The summed E-state index contributed by atoms with van der Waals surface area (Å²) in [6, 6.07) is 11.3. The number of nitrogens with zero attached hydrogens (tertiary/aromatic N) is 3. The van der Waals surface area contributed by atoms with E-state index in [2.05, 4.69) is 16.9 Å². The van der Waals surface area contributed by atoms with E-state index in [4.69, 9.17) is 17.0 Å². The van der Waals surface area contributed by atoms with Gasteiger partial charge in [0.1, 0.15) is 21.5 Å². The second-order valence-corrected chi connectivity index (χ2v) is 9.07. The van der Waals surface area contributed by atoms with E-state index in [1.54, 1.807) is 31.5 Å². The summed E-state index contributed by atoms with van der Waals surface area (Å²) in [6.45, 7) is 6.34. The lowest BCUT2D eigenvalue weighted by Gasteiger charge is -2.12. The lowest BCUT2D eigenvalue weighted by molar-refractivity contribution is -0.121. The minimum Gasteiger partial charge on any atom is -0.497 e. The summed E-state index contributed by atoms with van der Waals surface area (Å²) < 4.78 is 7.13. The summed E-state index contributed by atoms with van der Waals surface area (Å²) in [6.07, 6.45) is 4.92. The third-order valence-corrected chi connectivity index (χ3v) is 6.46. The number of benzene rings is 1. The normalized spacial score (nSPS) is 14.8. The molecule has 9 heteroatoms. The van der Waals surface area contributed by atoms with Crippen LogP contribution in [0.2, 0.25) is 0 Å². The smallest absolute Gasteiger partial charge is 0.267 e. The molecule has 1 fully saturated rings. The first-order valence-electron chi connectivity index (χ1n) is 10.2. The van der Waals surface area contributed by atoms with Crippen LogP contribution in [-0.2, 0) is 11.3 Å². The Morgan fingerprint density at radius 2 is 1.97 bits per heavy atom. The van der Waals surface area contributed by atoms with Crippen molar-refractivity contribution in [2.24, 2.45) is 0 Å². The molecular formula is C24H22N4O3S2. The monoisotopic (exact) mass is 478 g/mol. The number of carbonyl (C=O) groups is 1. The fraction of sp³-hybridized carbons (Fsp3) is 0.167. The summed E-state index contributed by atoms with van der Waals surface area (Å²) in [7, 11) is 1.62. The quantitative estimate of drug-likeness (QED) is 0.312. The van der Waals surface area contributed by atoms with E-state index < -0.39 is 0 Å². The summed E-state index contributed by atoms with van der Waals surface area (Å²) >= 11 is 6.49. The predicted molar refractivity (Wildman–Crippen MR) is 137 cm³/mol. The zero-order valence-electron chi connectivity index (χ0n) is 18.2. The third-order valence-electron chi connectivity index (χ3n) is 5.09. The van der Waals surface area contributed by atoms with Crippen LogP contribution in [0.15, 0.2) is 64.9 Å². The average molecular weight is 479 g/mol. The molecule has 1 saturated heterocycles. The number of nitrogens with one attached hydrogen (secondary N) is 1. The summed E-state index contributed by atoms with van der Waals surface area (Å²) in [5.74, 6) is 0.909. The van der Waals surface area contributed by atoms with Crippen molar-refractivity contribution in [1.82, 2.24) is 14.3 Å². The minimum absolute atomic E-state index is 0.250. The van der Waals surface area contributed by atoms with Gasteiger partial charge in [0.15, 0.2) is 0 Å². The van der Waals surface area contributed by atoms with Crippen molar-refractivity contribution >= 4 is 51.7 Å². The molecule has 1 aliphatic rings. The Bertz CT molecular complexity index is 1350. The van der Waals surface area contributed by atoms with Gasteiger partial charge in [-0.3, -0.25) is 18.9 Å². The van der Waals surface area contributed by atoms with Crippen molar-refractivity contribution in [2.45, 2.75) is 13.5 Å². The molecule has 0 bridgehead atoms. The van der Waals surface area contributed by atoms with Crippen LogP contribution in [0, 0.1) is 6.92 Å². The molecule has 1 amide bonds. The number of fused-ring (bicyclic) bond motifs is 1. The van der Waals surface area contributed by atoms with Gasteiger partial charge in [-0.25, -0.2) is 4.98 Å². The highest BCUT2D eigenvalue weighted by atomic mass is 32.2. The van der Waals surface area contributed by atoms with Crippen molar-refractivity contribution in [3.8, 4) is 5.75 Å². The molecular weight excluding hydrogens is 456 g/mol. The molecule has 3 aromatic rings. The lowest BCUT2D eigenvalue weighted by Crippen LogP contribution is -2.28. The second-order valence-electron chi connectivity index (χ2n) is 7.40. The van der Waals surface area contributed by atoms with Crippen molar-refractivity contribution in [1.29, 1.82) is 0 Å². The van der Waals surface area contributed by atoms with Crippen LogP contribution >= 0.6 is 24.0 Å². The number of rotatable bonds is 7. The lowest BCUT2D eigenvalue weighted by atomic mass is 10.2. The van der Waals surface area contributed by atoms with E-state index in [9.17, 15) is 9.59 Å². The molecule has 33 heavy (non-hydrogen) atoms. The van der Waals surface area contributed by atoms with Crippen LogP contribution in [0.4, 0.5) is 5.82 Å². The number of ether oxygens (including phenoxy) is 1. The minimum atomic E-state index is -0.269. The fourth-order valence-corrected chi connectivity index (χ4v) is 4.63. The molecule has 0 unspecified atom stereocenters. The van der Waals surface area contributed by atoms with E-state index in [-0.39, 0.29) is 11.5 Å². The van der Waals surface area contributed by atoms with Crippen molar-refractivity contribution in [3.05, 3.63) is 87.2 Å². The van der Waals surface area contributed by atoms with Gasteiger partial charge in [-0.2, -0.15) is 0 Å². The molecule has 168 valence electrons. The first kappa shape index (κ1) is 22.8. The van der Waals surface area contributed by atoms with Crippen molar-refractivity contribution < 1.29 is 9.53 Å². The molecule has 0 spiro atoms. The Morgan fingerprint density at radius 1 is 1.21 bits per heavy atom. The number of methoxy groups -OCH3 is 1. The van der Waals surface area contributed by atoms with Gasteiger partial charge in [-0.05, 0) is 42.3 Å². The van der Waals surface area contributed by atoms with Gasteiger partial charge in [0, 0.05) is 19.3 Å². The number of aromatic nitrogens is 2. The van der Waals surface area contributed by atoms with Gasteiger partial charge < -0.3 is 10.1 Å². The van der Waals surface area contributed by atoms with Gasteiger partial charge >= 0.3 is 0 Å². The molecule has 0 atom stereocenters. The molecule has 0 radical (unpaired) electrons. The Kier molecular flexibility index (Phi) is 6.62. The maximum atomic E-state index is 13.4. The summed E-state index contributed by atoms with van der Waals surface area (Å²) in [5, 5.41) is 3.26. The zero-order valence-corrected chi connectivity index (χ0v) is 19.8. The maximum Gasteiger partial charge on any atom is 0.267 e. The number of thiocarbonyl (C=S) groups is 1. The van der Waals surface area contributed by atoms with Gasteiger partial charge in [-0.15, -0.1) is 6.58 Å². The number of hydrogen-bond acceptors (Lipinski definition) is 7. The van der Waals surface area contributed by atoms with Crippen LogP contribution < -0.4 is 15.6 Å². The molecule has 7 nitrogen and oxygen atoms in total. The van der Waals surface area contributed by atoms with Crippen LogP contribution in [0.5, 0.6) is 5.75 Å². The van der Waals surface area contributed by atoms with Crippen LogP contribution in [0.1, 0.15) is 16.7 Å². The number of amides is 1.